The van der Waals surface area contributed by atoms with Crippen LogP contribution in [0.2, 0.25) is 0 Å². The van der Waals surface area contributed by atoms with Crippen molar-refractivity contribution in [1.82, 2.24) is 5.32 Å². The van der Waals surface area contributed by atoms with E-state index in [1.807, 2.05) is 26.0 Å². The lowest BCUT2D eigenvalue weighted by Crippen LogP contribution is -2.31. The van der Waals surface area contributed by atoms with Gasteiger partial charge < -0.3 is 15.1 Å². The Labute approximate surface area is 117 Å². The zero-order valence-electron chi connectivity index (χ0n) is 11.7. The Hall–Kier alpha value is -2.30. The molecule has 5 heteroatoms. The zero-order chi connectivity index (χ0) is 14.7. The summed E-state index contributed by atoms with van der Waals surface area (Å²) >= 11 is 0. The maximum Gasteiger partial charge on any atom is 0.319 e. The summed E-state index contributed by atoms with van der Waals surface area (Å²) in [6.07, 6.45) is 0. The van der Waals surface area contributed by atoms with Gasteiger partial charge in [-0.3, -0.25) is 0 Å². The van der Waals surface area contributed by atoms with E-state index < -0.39 is 6.03 Å². The Kier molecular flexibility index (Phi) is 4.08. The number of furan rings is 1. The number of hydrogen-bond acceptors (Lipinski definition) is 2. The van der Waals surface area contributed by atoms with Gasteiger partial charge in [0, 0.05) is 5.69 Å². The molecule has 0 aliphatic carbocycles. The van der Waals surface area contributed by atoms with Crippen LogP contribution in [0.3, 0.4) is 0 Å². The molecule has 0 saturated carbocycles. The Bertz CT molecular complexity index is 622. The van der Waals surface area contributed by atoms with Crippen LogP contribution in [-0.2, 0) is 0 Å². The Morgan fingerprint density at radius 1 is 1.25 bits per heavy atom. The third-order valence-electron chi connectivity index (χ3n) is 2.97. The quantitative estimate of drug-likeness (QED) is 0.892. The van der Waals surface area contributed by atoms with E-state index in [4.69, 9.17) is 4.42 Å². The van der Waals surface area contributed by atoms with Crippen LogP contribution < -0.4 is 10.6 Å². The molecule has 20 heavy (non-hydrogen) atoms. The molecule has 0 bridgehead atoms. The number of aryl methyl sites for hydroxylation is 2. The number of hydrogen-bond donors (Lipinski definition) is 2. The molecule has 0 aliphatic heterocycles. The predicted octanol–water partition coefficient (Wildman–Crippen LogP) is 3.92. The molecule has 0 aliphatic rings. The minimum absolute atomic E-state index is 0.265. The molecule has 2 rings (SSSR count). The number of carbonyl (C=O) groups excluding carboxylic acids is 1. The van der Waals surface area contributed by atoms with Crippen LogP contribution in [0.25, 0.3) is 0 Å². The fourth-order valence-electron chi connectivity index (χ4n) is 1.79. The molecule has 0 saturated heterocycles. The summed E-state index contributed by atoms with van der Waals surface area (Å²) in [6.45, 7) is 5.32. The second-order valence-electron chi connectivity index (χ2n) is 4.73. The van der Waals surface area contributed by atoms with Gasteiger partial charge in [0.2, 0.25) is 0 Å². The van der Waals surface area contributed by atoms with Gasteiger partial charge in [-0.25, -0.2) is 9.18 Å². The number of anilines is 1. The Morgan fingerprint density at radius 3 is 2.60 bits per heavy atom. The number of nitrogens with one attached hydrogen (secondary N) is 2. The van der Waals surface area contributed by atoms with Crippen LogP contribution in [0.1, 0.15) is 30.0 Å². The molecule has 1 atom stereocenters. The number of urea groups is 1. The molecule has 0 spiro atoms. The molecule has 2 N–H and O–H groups in total. The first-order chi connectivity index (χ1) is 9.45. The van der Waals surface area contributed by atoms with Gasteiger partial charge in [-0.05, 0) is 50.6 Å². The van der Waals surface area contributed by atoms with Crippen LogP contribution in [0.15, 0.2) is 34.7 Å². The van der Waals surface area contributed by atoms with Gasteiger partial charge in [0.15, 0.2) is 0 Å². The van der Waals surface area contributed by atoms with Crippen molar-refractivity contribution in [2.45, 2.75) is 26.8 Å². The molecule has 0 fully saturated rings. The average Bonchev–Trinajstić information content (AvgIpc) is 2.80. The second-order valence-corrected chi connectivity index (χ2v) is 4.73. The summed E-state index contributed by atoms with van der Waals surface area (Å²) in [5, 5.41) is 5.31. The minimum atomic E-state index is -0.408. The van der Waals surface area contributed by atoms with E-state index in [9.17, 15) is 9.18 Å². The highest BCUT2D eigenvalue weighted by Gasteiger charge is 2.13. The van der Waals surface area contributed by atoms with Gasteiger partial charge in [0.25, 0.3) is 0 Å². The molecule has 4 nitrogen and oxygen atoms in total. The van der Waals surface area contributed by atoms with Crippen molar-refractivity contribution in [3.63, 3.8) is 0 Å². The van der Waals surface area contributed by atoms with E-state index >= 15 is 0 Å². The van der Waals surface area contributed by atoms with Crippen LogP contribution >= 0.6 is 0 Å². The summed E-state index contributed by atoms with van der Waals surface area (Å²) < 4.78 is 18.8. The van der Waals surface area contributed by atoms with Crippen molar-refractivity contribution in [2.75, 3.05) is 5.32 Å². The molecule has 2 aromatic rings. The maximum atomic E-state index is 13.4. The van der Waals surface area contributed by atoms with E-state index in [0.717, 1.165) is 5.76 Å². The summed E-state index contributed by atoms with van der Waals surface area (Å²) in [6, 6.07) is 7.53. The number of rotatable bonds is 3. The highest BCUT2D eigenvalue weighted by Crippen LogP contribution is 2.17. The van der Waals surface area contributed by atoms with Crippen molar-refractivity contribution in [2.24, 2.45) is 0 Å². The number of carbonyl (C=O) groups is 1. The first kappa shape index (κ1) is 14.1. The second kappa shape index (κ2) is 5.77. The van der Waals surface area contributed by atoms with Gasteiger partial charge in [0.05, 0.1) is 6.04 Å². The zero-order valence-corrected chi connectivity index (χ0v) is 11.7. The van der Waals surface area contributed by atoms with E-state index in [0.29, 0.717) is 17.0 Å². The highest BCUT2D eigenvalue weighted by atomic mass is 19.1. The molecule has 106 valence electrons. The lowest BCUT2D eigenvalue weighted by atomic mass is 10.2. The molecular weight excluding hydrogens is 259 g/mol. The SMILES string of the molecule is Cc1ccc([C@@H](C)NC(=O)Nc2ccc(C)c(F)c2)o1. The standard InChI is InChI=1S/C15H17FN2O2/c1-9-4-6-12(8-13(9)16)18-15(19)17-11(3)14-7-5-10(2)20-14/h4-8,11H,1-3H3,(H2,17,18,19)/t11-/m1/s1. The van der Waals surface area contributed by atoms with E-state index in [1.54, 1.807) is 19.1 Å². The first-order valence-corrected chi connectivity index (χ1v) is 6.35. The van der Waals surface area contributed by atoms with Gasteiger partial charge in [-0.15, -0.1) is 0 Å². The van der Waals surface area contributed by atoms with Crippen molar-refractivity contribution in [3.8, 4) is 0 Å². The third kappa shape index (κ3) is 3.38. The maximum absolute atomic E-state index is 13.4. The molecule has 1 aromatic carbocycles. The minimum Gasteiger partial charge on any atom is -0.464 e. The van der Waals surface area contributed by atoms with Gasteiger partial charge in [-0.2, -0.15) is 0 Å². The van der Waals surface area contributed by atoms with Crippen molar-refractivity contribution >= 4 is 11.7 Å². The largest absolute Gasteiger partial charge is 0.464 e. The number of halogens is 1. The highest BCUT2D eigenvalue weighted by molar-refractivity contribution is 5.89. The third-order valence-corrected chi connectivity index (χ3v) is 2.97. The van der Waals surface area contributed by atoms with Gasteiger partial charge >= 0.3 is 6.03 Å². The first-order valence-electron chi connectivity index (χ1n) is 6.35. The van der Waals surface area contributed by atoms with E-state index in [-0.39, 0.29) is 11.9 Å². The monoisotopic (exact) mass is 276 g/mol. The van der Waals surface area contributed by atoms with Crippen LogP contribution in [0.4, 0.5) is 14.9 Å². The van der Waals surface area contributed by atoms with Gasteiger partial charge in [0.1, 0.15) is 17.3 Å². The number of amides is 2. The summed E-state index contributed by atoms with van der Waals surface area (Å²) in [4.78, 5) is 11.8. The smallest absolute Gasteiger partial charge is 0.319 e. The number of benzene rings is 1. The van der Waals surface area contributed by atoms with Crippen LogP contribution in [0, 0.1) is 19.7 Å². The summed E-state index contributed by atoms with van der Waals surface area (Å²) in [7, 11) is 0. The average molecular weight is 276 g/mol. The van der Waals surface area contributed by atoms with Crippen molar-refractivity contribution in [1.29, 1.82) is 0 Å². The Morgan fingerprint density at radius 2 is 2.00 bits per heavy atom. The van der Waals surface area contributed by atoms with Gasteiger partial charge in [-0.1, -0.05) is 6.07 Å². The molecule has 1 aromatic heterocycles. The molecule has 0 radical (unpaired) electrons. The fourth-order valence-corrected chi connectivity index (χ4v) is 1.79. The van der Waals surface area contributed by atoms with Crippen LogP contribution in [-0.4, -0.2) is 6.03 Å². The lowest BCUT2D eigenvalue weighted by Gasteiger charge is -2.13. The lowest BCUT2D eigenvalue weighted by molar-refractivity contribution is 0.247. The predicted molar refractivity (Wildman–Crippen MR) is 75.2 cm³/mol. The fraction of sp³-hybridized carbons (Fsp3) is 0.267. The van der Waals surface area contributed by atoms with E-state index in [1.165, 1.54) is 6.07 Å². The molecule has 0 unspecified atom stereocenters. The topological polar surface area (TPSA) is 54.3 Å². The van der Waals surface area contributed by atoms with E-state index in [2.05, 4.69) is 10.6 Å². The molecule has 2 amide bonds. The summed E-state index contributed by atoms with van der Waals surface area (Å²) in [5.74, 6) is 1.11. The molecular formula is C15H17FN2O2. The normalized spacial score (nSPS) is 12.0. The summed E-state index contributed by atoms with van der Waals surface area (Å²) in [5.41, 5.74) is 0.948. The van der Waals surface area contributed by atoms with Crippen molar-refractivity contribution in [3.05, 3.63) is 53.2 Å². The Balaban J connectivity index is 1.96. The molecule has 1 heterocycles. The van der Waals surface area contributed by atoms with Crippen LogP contribution in [0.5, 0.6) is 0 Å². The van der Waals surface area contributed by atoms with Crippen molar-refractivity contribution < 1.29 is 13.6 Å².